The predicted molar refractivity (Wildman–Crippen MR) is 20.8 cm³/mol. The maximum Gasteiger partial charge on any atom is 0.457 e. The zero-order valence-electron chi connectivity index (χ0n) is 4.17. The second-order valence-electron chi connectivity index (χ2n) is 1.10. The Morgan fingerprint density at radius 2 is 2.11 bits per heavy atom. The number of carbonyl (C=O) groups is 1. The van der Waals surface area contributed by atoms with Gasteiger partial charge in [-0.15, -0.1) is 0 Å². The van der Waals surface area contributed by atoms with Crippen LogP contribution >= 0.6 is 0 Å². The van der Waals surface area contributed by atoms with E-state index in [-0.39, 0.29) is 0 Å². The Balaban J connectivity index is 3.85. The second kappa shape index (κ2) is 2.70. The fourth-order valence-corrected chi connectivity index (χ4v) is 0.143. The van der Waals surface area contributed by atoms with Crippen molar-refractivity contribution < 1.29 is 28.5 Å². The van der Waals surface area contributed by atoms with Crippen LogP contribution in [0.15, 0.2) is 0 Å². The Morgan fingerprint density at radius 3 is 2.22 bits per heavy atom. The highest BCUT2D eigenvalue weighted by Gasteiger charge is 2.40. The highest BCUT2D eigenvalue weighted by atomic mass is 19.3. The Bertz CT molecular complexity index is 112. The van der Waals surface area contributed by atoms with Gasteiger partial charge < -0.3 is 10.2 Å². The summed E-state index contributed by atoms with van der Waals surface area (Å²) in [6, 6.07) is 0. The number of hydrogen-bond donors (Lipinski definition) is 2. The van der Waals surface area contributed by atoms with Gasteiger partial charge in [0.1, 0.15) is 0 Å². The van der Waals surface area contributed by atoms with Crippen LogP contribution in [0.1, 0.15) is 0 Å². The van der Waals surface area contributed by atoms with Crippen LogP contribution in [0.2, 0.25) is 0 Å². The van der Waals surface area contributed by atoms with Gasteiger partial charge in [0.05, 0.1) is 0 Å². The molecular weight excluding hydrogens is 138 g/mol. The third-order valence-corrected chi connectivity index (χ3v) is 0.495. The minimum Gasteiger partial charge on any atom is -0.475 e. The number of aliphatic carboxylic acids is 1. The van der Waals surface area contributed by atoms with Crippen molar-refractivity contribution in [3.63, 3.8) is 0 Å². The molecule has 0 aliphatic heterocycles. The van der Waals surface area contributed by atoms with Gasteiger partial charge in [-0.05, 0) is 0 Å². The highest BCUT2D eigenvalue weighted by Crippen LogP contribution is 2.13. The molecule has 0 aromatic heterocycles. The van der Waals surface area contributed by atoms with Gasteiger partial charge in [0.15, 0.2) is 6.79 Å². The molecule has 0 aromatic rings. The first-order valence-electron chi connectivity index (χ1n) is 1.86. The van der Waals surface area contributed by atoms with Crippen LogP contribution in [0.4, 0.5) is 8.78 Å². The monoisotopic (exact) mass is 142 g/mol. The molecule has 0 amide bonds. The fraction of sp³-hybridized carbons (Fsp3) is 0.667. The van der Waals surface area contributed by atoms with E-state index in [1.54, 1.807) is 0 Å². The minimum absolute atomic E-state index is 1.32. The first-order valence-corrected chi connectivity index (χ1v) is 1.86. The Morgan fingerprint density at radius 1 is 1.67 bits per heavy atom. The molecule has 0 aromatic carbocycles. The molecule has 0 saturated carbocycles. The summed E-state index contributed by atoms with van der Waals surface area (Å²) in [6.07, 6.45) is -4.28. The van der Waals surface area contributed by atoms with Gasteiger partial charge in [0.25, 0.3) is 0 Å². The maximum absolute atomic E-state index is 11.6. The number of rotatable bonds is 3. The van der Waals surface area contributed by atoms with Crippen molar-refractivity contribution in [2.45, 2.75) is 6.11 Å². The molecule has 0 heterocycles. The number of carboxylic acids is 1. The molecule has 9 heavy (non-hydrogen) atoms. The molecule has 0 fully saturated rings. The molecular formula is C3H4F2O4. The summed E-state index contributed by atoms with van der Waals surface area (Å²) < 4.78 is 26.2. The van der Waals surface area contributed by atoms with E-state index in [2.05, 4.69) is 4.74 Å². The van der Waals surface area contributed by atoms with E-state index in [1.807, 2.05) is 0 Å². The molecule has 0 atom stereocenters. The highest BCUT2D eigenvalue weighted by molar-refractivity contribution is 5.73. The molecule has 0 radical (unpaired) electrons. The van der Waals surface area contributed by atoms with Crippen molar-refractivity contribution in [3.8, 4) is 0 Å². The first-order chi connectivity index (χ1) is 4.00. The average molecular weight is 142 g/mol. The van der Waals surface area contributed by atoms with Gasteiger partial charge in [-0.1, -0.05) is 0 Å². The molecule has 0 spiro atoms. The van der Waals surface area contributed by atoms with Gasteiger partial charge >= 0.3 is 12.1 Å². The molecule has 6 heteroatoms. The van der Waals surface area contributed by atoms with Crippen molar-refractivity contribution in [2.75, 3.05) is 6.79 Å². The zero-order valence-corrected chi connectivity index (χ0v) is 4.17. The molecule has 0 aliphatic rings. The number of hydrogen-bond acceptors (Lipinski definition) is 3. The van der Waals surface area contributed by atoms with E-state index < -0.39 is 18.9 Å². The van der Waals surface area contributed by atoms with E-state index in [0.29, 0.717) is 0 Å². The quantitative estimate of drug-likeness (QED) is 0.527. The van der Waals surface area contributed by atoms with Crippen LogP contribution in [-0.4, -0.2) is 29.1 Å². The van der Waals surface area contributed by atoms with Crippen LogP contribution in [0.3, 0.4) is 0 Å². The molecule has 0 bridgehead atoms. The number of alkyl halides is 2. The number of carboxylic acid groups (broad SMARTS) is 1. The van der Waals surface area contributed by atoms with Crippen molar-refractivity contribution in [2.24, 2.45) is 0 Å². The summed E-state index contributed by atoms with van der Waals surface area (Å²) in [5.74, 6) is -2.42. The maximum atomic E-state index is 11.6. The summed E-state index contributed by atoms with van der Waals surface area (Å²) in [4.78, 5) is 9.42. The van der Waals surface area contributed by atoms with Crippen LogP contribution < -0.4 is 0 Å². The lowest BCUT2D eigenvalue weighted by molar-refractivity contribution is -0.266. The molecule has 0 unspecified atom stereocenters. The Kier molecular flexibility index (Phi) is 2.47. The lowest BCUT2D eigenvalue weighted by Crippen LogP contribution is -2.31. The van der Waals surface area contributed by atoms with Crippen molar-refractivity contribution in [1.29, 1.82) is 0 Å². The standard InChI is InChI=1S/C3H4F2O4/c4-3(5,2(7)8)9-1-6/h6H,1H2,(H,7,8). The average Bonchev–Trinajstić information content (AvgIpc) is 1.65. The van der Waals surface area contributed by atoms with E-state index in [4.69, 9.17) is 10.2 Å². The van der Waals surface area contributed by atoms with Crippen LogP contribution in [0, 0.1) is 0 Å². The van der Waals surface area contributed by atoms with Crippen molar-refractivity contribution in [3.05, 3.63) is 0 Å². The van der Waals surface area contributed by atoms with E-state index >= 15 is 0 Å². The molecule has 2 N–H and O–H groups in total. The van der Waals surface area contributed by atoms with E-state index in [1.165, 1.54) is 0 Å². The summed E-state index contributed by atoms with van der Waals surface area (Å²) in [6.45, 7) is -1.32. The first kappa shape index (κ1) is 8.25. The number of ether oxygens (including phenoxy) is 1. The molecule has 0 saturated heterocycles. The summed E-state index contributed by atoms with van der Waals surface area (Å²) >= 11 is 0. The summed E-state index contributed by atoms with van der Waals surface area (Å²) in [7, 11) is 0. The van der Waals surface area contributed by atoms with E-state index in [0.717, 1.165) is 0 Å². The van der Waals surface area contributed by atoms with Gasteiger partial charge in [0.2, 0.25) is 0 Å². The molecule has 54 valence electrons. The number of aliphatic hydroxyl groups is 1. The van der Waals surface area contributed by atoms with Crippen molar-refractivity contribution in [1.82, 2.24) is 0 Å². The molecule has 0 aliphatic carbocycles. The summed E-state index contributed by atoms with van der Waals surface area (Å²) in [5, 5.41) is 15.3. The lowest BCUT2D eigenvalue weighted by atomic mass is 10.6. The normalized spacial score (nSPS) is 11.4. The van der Waals surface area contributed by atoms with Crippen molar-refractivity contribution >= 4 is 5.97 Å². The third kappa shape index (κ3) is 2.34. The lowest BCUT2D eigenvalue weighted by Gasteiger charge is -2.07. The van der Waals surface area contributed by atoms with Crippen LogP contribution in [0.5, 0.6) is 0 Å². The Labute approximate surface area is 48.7 Å². The fourth-order valence-electron chi connectivity index (χ4n) is 0.143. The third-order valence-electron chi connectivity index (χ3n) is 0.495. The number of aliphatic hydroxyl groups excluding tert-OH is 1. The molecule has 4 nitrogen and oxygen atoms in total. The smallest absolute Gasteiger partial charge is 0.457 e. The summed E-state index contributed by atoms with van der Waals surface area (Å²) in [5.41, 5.74) is 0. The topological polar surface area (TPSA) is 66.8 Å². The van der Waals surface area contributed by atoms with E-state index in [9.17, 15) is 13.6 Å². The number of halogens is 2. The van der Waals surface area contributed by atoms with Crippen LogP contribution in [0.25, 0.3) is 0 Å². The zero-order chi connectivity index (χ0) is 7.49. The predicted octanol–water partition coefficient (Wildman–Crippen LogP) is -0.370. The largest absolute Gasteiger partial charge is 0.475 e. The van der Waals surface area contributed by atoms with Crippen LogP contribution in [-0.2, 0) is 9.53 Å². The molecule has 0 rings (SSSR count). The van der Waals surface area contributed by atoms with Gasteiger partial charge in [-0.3, -0.25) is 4.74 Å². The SMILES string of the molecule is O=C(O)C(F)(F)OCO. The second-order valence-corrected chi connectivity index (χ2v) is 1.10. The van der Waals surface area contributed by atoms with Gasteiger partial charge in [0, 0.05) is 0 Å². The van der Waals surface area contributed by atoms with Gasteiger partial charge in [-0.2, -0.15) is 8.78 Å². The van der Waals surface area contributed by atoms with Gasteiger partial charge in [-0.25, -0.2) is 4.79 Å². The Hall–Kier alpha value is -0.750. The minimum atomic E-state index is -4.28.